The summed E-state index contributed by atoms with van der Waals surface area (Å²) in [5.41, 5.74) is -1.77. The van der Waals surface area contributed by atoms with E-state index in [1.165, 1.54) is 0 Å². The van der Waals surface area contributed by atoms with Gasteiger partial charge in [-0.3, -0.25) is 23.4 Å². The molecule has 2 heterocycles. The molecule has 8 N–H and O–H groups in total. The van der Waals surface area contributed by atoms with E-state index >= 15 is 0 Å². The molecule has 35 heavy (non-hydrogen) atoms. The fourth-order valence-corrected chi connectivity index (χ4v) is 5.25. The molecule has 1 unspecified atom stereocenters. The van der Waals surface area contributed by atoms with Crippen LogP contribution >= 0.6 is 15.6 Å². The number of carbonyl (C=O) groups is 1. The van der Waals surface area contributed by atoms with Gasteiger partial charge in [-0.2, -0.15) is 4.31 Å². The number of aldehydes is 1. The number of ether oxygens (including phenoxy) is 1. The summed E-state index contributed by atoms with van der Waals surface area (Å²) in [4.78, 5) is 53.6. The number of rotatable bonds is 13. The molecule has 1 fully saturated rings. The number of carbonyl (C=O) groups excluding carboxylic acids is 1. The number of aliphatic hydroxyl groups excluding tert-OH is 5. The van der Waals surface area contributed by atoms with Gasteiger partial charge in [0.1, 0.15) is 36.8 Å². The maximum atomic E-state index is 12.8. The molecule has 0 spiro atoms. The van der Waals surface area contributed by atoms with Crippen molar-refractivity contribution in [1.29, 1.82) is 0 Å². The van der Waals surface area contributed by atoms with Crippen LogP contribution in [0.25, 0.3) is 0 Å². The lowest BCUT2D eigenvalue weighted by Gasteiger charge is -2.28. The number of phosphoric ester groups is 1. The maximum absolute atomic E-state index is 12.8. The van der Waals surface area contributed by atoms with Crippen molar-refractivity contribution >= 4 is 21.9 Å². The Balaban J connectivity index is 2.20. The molecule has 0 aliphatic carbocycles. The van der Waals surface area contributed by atoms with Gasteiger partial charge in [0.25, 0.3) is 5.56 Å². The zero-order valence-electron chi connectivity index (χ0n) is 17.5. The zero-order chi connectivity index (χ0) is 26.6. The third-order valence-corrected chi connectivity index (χ3v) is 7.27. The van der Waals surface area contributed by atoms with Crippen LogP contribution in [0.1, 0.15) is 12.6 Å². The highest BCUT2D eigenvalue weighted by Gasteiger charge is 2.47. The molecule has 8 atom stereocenters. The molecule has 1 aromatic heterocycles. The molecule has 200 valence electrons. The summed E-state index contributed by atoms with van der Waals surface area (Å²) in [6.07, 6.45) is -12.2. The first-order chi connectivity index (χ1) is 16.2. The first-order valence-corrected chi connectivity index (χ1v) is 12.6. The van der Waals surface area contributed by atoms with E-state index in [1.54, 1.807) is 0 Å². The second-order valence-corrected chi connectivity index (χ2v) is 10.2. The van der Waals surface area contributed by atoms with Crippen molar-refractivity contribution in [2.24, 2.45) is 0 Å². The summed E-state index contributed by atoms with van der Waals surface area (Å²) < 4.78 is 43.6. The molecular weight excluding hydrogens is 526 g/mol. The summed E-state index contributed by atoms with van der Waals surface area (Å²) in [5, 5.41) is 49.4. The van der Waals surface area contributed by atoms with Crippen molar-refractivity contribution in [2.75, 3.05) is 13.2 Å². The zero-order valence-corrected chi connectivity index (χ0v) is 19.3. The van der Waals surface area contributed by atoms with E-state index in [-0.39, 0.29) is 6.29 Å². The van der Waals surface area contributed by atoms with E-state index in [0.29, 0.717) is 4.57 Å². The Morgan fingerprint density at radius 1 is 1.20 bits per heavy atom. The van der Waals surface area contributed by atoms with Crippen molar-refractivity contribution in [3.05, 3.63) is 33.1 Å². The Morgan fingerprint density at radius 3 is 2.40 bits per heavy atom. The Kier molecular flexibility index (Phi) is 10.2. The molecule has 1 aliphatic heterocycles. The van der Waals surface area contributed by atoms with Crippen molar-refractivity contribution in [3.8, 4) is 0 Å². The van der Waals surface area contributed by atoms with E-state index in [0.717, 1.165) is 12.3 Å². The van der Waals surface area contributed by atoms with E-state index in [1.807, 2.05) is 4.98 Å². The third kappa shape index (κ3) is 7.93. The van der Waals surface area contributed by atoms with Crippen LogP contribution in [0, 0.1) is 0 Å². The number of hydrogen-bond donors (Lipinski definition) is 8. The van der Waals surface area contributed by atoms with E-state index in [2.05, 4.69) is 4.31 Å². The van der Waals surface area contributed by atoms with Crippen LogP contribution in [-0.2, 0) is 32.0 Å². The van der Waals surface area contributed by atoms with Gasteiger partial charge in [-0.15, -0.1) is 0 Å². The minimum absolute atomic E-state index is 0.207. The Bertz CT molecular complexity index is 1070. The Morgan fingerprint density at radius 2 is 1.86 bits per heavy atom. The molecule has 0 bridgehead atoms. The highest BCUT2D eigenvalue weighted by atomic mass is 31.3. The molecule has 1 aromatic rings. The Hall–Kier alpha value is -1.63. The lowest BCUT2D eigenvalue weighted by molar-refractivity contribution is -0.115. The molecule has 0 aromatic carbocycles. The quantitative estimate of drug-likeness (QED) is 0.0859. The number of aromatic amines is 1. The monoisotopic (exact) mass is 550 g/mol. The Labute approximate surface area is 195 Å². The number of nitrogens with one attached hydrogen (secondary N) is 1. The van der Waals surface area contributed by atoms with Crippen molar-refractivity contribution < 1.29 is 67.3 Å². The molecule has 20 heteroatoms. The number of nitrogens with zero attached hydrogens (tertiary/aromatic N) is 1. The number of aliphatic hydroxyl groups is 5. The van der Waals surface area contributed by atoms with Gasteiger partial charge in [-0.1, -0.05) is 0 Å². The fraction of sp³-hybridized carbons (Fsp3) is 0.667. The standard InChI is InChI=1S/C15H24N2O16P2/c18-4-2-7(20)11(22)8(5-19)32-35(29,33-34(26,27)28)30-6-9-12(23)13(24)14(31-9)17-3-1-10(21)16-15(17)25/h1,3-4,7-9,11-14,19-20,22-24H,2,5-6H2,(H,16,21,25)(H2,26,27,28)/t7-,8-,9-,11+,12-,13-,14-,35?/m1/s1. The predicted molar refractivity (Wildman–Crippen MR) is 109 cm³/mol. The van der Waals surface area contributed by atoms with Crippen LogP contribution in [0.2, 0.25) is 0 Å². The predicted octanol–water partition coefficient (Wildman–Crippen LogP) is -3.92. The minimum Gasteiger partial charge on any atom is -0.394 e. The summed E-state index contributed by atoms with van der Waals surface area (Å²) in [6.45, 7) is -2.23. The second kappa shape index (κ2) is 12.1. The van der Waals surface area contributed by atoms with Crippen LogP contribution in [0.3, 0.4) is 0 Å². The normalized spacial score (nSPS) is 27.2. The van der Waals surface area contributed by atoms with E-state index in [9.17, 15) is 49.0 Å². The molecule has 2 rings (SSSR count). The van der Waals surface area contributed by atoms with Gasteiger partial charge < -0.3 is 44.9 Å². The summed E-state index contributed by atoms with van der Waals surface area (Å²) in [6, 6.07) is 0.920. The molecule has 1 saturated heterocycles. The van der Waals surface area contributed by atoms with Crippen molar-refractivity contribution in [3.63, 3.8) is 0 Å². The van der Waals surface area contributed by atoms with E-state index in [4.69, 9.17) is 23.6 Å². The van der Waals surface area contributed by atoms with Crippen molar-refractivity contribution in [2.45, 2.75) is 49.3 Å². The van der Waals surface area contributed by atoms with Crippen LogP contribution in [0.4, 0.5) is 0 Å². The van der Waals surface area contributed by atoms with Gasteiger partial charge in [0.05, 0.1) is 19.3 Å². The van der Waals surface area contributed by atoms with E-state index < -0.39 is 89.4 Å². The third-order valence-electron chi connectivity index (χ3n) is 4.62. The fourth-order valence-electron chi connectivity index (χ4n) is 2.95. The van der Waals surface area contributed by atoms with Crippen LogP contribution < -0.4 is 11.2 Å². The summed E-state index contributed by atoms with van der Waals surface area (Å²) in [7, 11) is -11.0. The van der Waals surface area contributed by atoms with Gasteiger partial charge >= 0.3 is 21.3 Å². The lowest BCUT2D eigenvalue weighted by atomic mass is 10.1. The number of aromatic nitrogens is 2. The highest BCUT2D eigenvalue weighted by Crippen LogP contribution is 2.62. The molecular formula is C15H24N2O16P2. The van der Waals surface area contributed by atoms with Crippen LogP contribution in [-0.4, -0.2) is 101 Å². The average molecular weight is 550 g/mol. The summed E-state index contributed by atoms with van der Waals surface area (Å²) >= 11 is 0. The number of H-pyrrole nitrogens is 1. The molecule has 0 radical (unpaired) electrons. The second-order valence-electron chi connectivity index (χ2n) is 7.17. The molecule has 18 nitrogen and oxygen atoms in total. The number of hydrogen-bond acceptors (Lipinski definition) is 14. The van der Waals surface area contributed by atoms with Crippen LogP contribution in [0.5, 0.6) is 0 Å². The molecule has 1 aliphatic rings. The largest absolute Gasteiger partial charge is 0.484 e. The maximum Gasteiger partial charge on any atom is 0.484 e. The minimum atomic E-state index is -5.61. The average Bonchev–Trinajstić information content (AvgIpc) is 3.03. The van der Waals surface area contributed by atoms with Gasteiger partial charge in [-0.05, 0) is 0 Å². The first kappa shape index (κ1) is 29.6. The highest BCUT2D eigenvalue weighted by molar-refractivity contribution is 7.61. The van der Waals surface area contributed by atoms with Gasteiger partial charge in [0.15, 0.2) is 6.23 Å². The molecule has 0 saturated carbocycles. The smallest absolute Gasteiger partial charge is 0.394 e. The number of phosphoric acid groups is 2. The van der Waals surface area contributed by atoms with Gasteiger partial charge in [-0.25, -0.2) is 13.9 Å². The van der Waals surface area contributed by atoms with Gasteiger partial charge in [0.2, 0.25) is 0 Å². The topological polar surface area (TPSA) is 285 Å². The first-order valence-electron chi connectivity index (χ1n) is 9.65. The SMILES string of the molecule is O=CC[C@@H](O)[C@H](O)[C@@H](CO)OP(=O)(OC[C@H]1O[C@@H](n2ccc(=O)[nH]c2=O)[C@H](O)[C@@H]1O)OP(=O)(O)O. The lowest BCUT2D eigenvalue weighted by Crippen LogP contribution is -2.41. The summed E-state index contributed by atoms with van der Waals surface area (Å²) in [5.74, 6) is 0. The van der Waals surface area contributed by atoms with Gasteiger partial charge in [0, 0.05) is 18.7 Å². The molecule has 0 amide bonds. The van der Waals surface area contributed by atoms with Crippen LogP contribution in [0.15, 0.2) is 21.9 Å². The van der Waals surface area contributed by atoms with Crippen molar-refractivity contribution in [1.82, 2.24) is 9.55 Å².